The molecule has 4 N–H and O–H groups in total. The van der Waals surface area contributed by atoms with Gasteiger partial charge in [-0.15, -0.1) is 0 Å². The fourth-order valence-corrected chi connectivity index (χ4v) is 7.89. The first kappa shape index (κ1) is 29.7. The number of carbonyl (C=O) groups is 4. The molecule has 1 aromatic carbocycles. The zero-order valence-electron chi connectivity index (χ0n) is 24.6. The second-order valence-electron chi connectivity index (χ2n) is 13.1. The average molecular weight is 553 g/mol. The third-order valence-corrected chi connectivity index (χ3v) is 9.49. The lowest BCUT2D eigenvalue weighted by atomic mass is 9.43. The van der Waals surface area contributed by atoms with E-state index in [0.29, 0.717) is 11.1 Å². The molecule has 1 unspecified atom stereocenters. The van der Waals surface area contributed by atoms with Crippen LogP contribution in [0.2, 0.25) is 0 Å². The number of carbonyl (C=O) groups excluding carboxylic acids is 4. The van der Waals surface area contributed by atoms with Gasteiger partial charge in [0.15, 0.2) is 17.2 Å². The van der Waals surface area contributed by atoms with Crippen LogP contribution in [0.5, 0.6) is 5.75 Å². The van der Waals surface area contributed by atoms with E-state index in [0.717, 1.165) is 12.5 Å². The van der Waals surface area contributed by atoms with Crippen molar-refractivity contribution in [2.75, 3.05) is 0 Å². The summed E-state index contributed by atoms with van der Waals surface area (Å²) in [6, 6.07) is 1.85. The van der Waals surface area contributed by atoms with E-state index < -0.39 is 56.8 Å². The third-order valence-electron chi connectivity index (χ3n) is 9.49. The van der Waals surface area contributed by atoms with Gasteiger partial charge < -0.3 is 25.2 Å². The molecule has 3 aliphatic carbocycles. The minimum Gasteiger partial charge on any atom is -0.508 e. The van der Waals surface area contributed by atoms with Crippen molar-refractivity contribution in [3.63, 3.8) is 0 Å². The van der Waals surface area contributed by atoms with E-state index in [-0.39, 0.29) is 60.2 Å². The van der Waals surface area contributed by atoms with Crippen molar-refractivity contribution >= 4 is 28.9 Å². The Balaban J connectivity index is 2.07. The molecule has 4 atom stereocenters. The van der Waals surface area contributed by atoms with E-state index in [1.807, 2.05) is 19.9 Å². The van der Waals surface area contributed by atoms with Crippen molar-refractivity contribution in [2.24, 2.45) is 22.7 Å². The molecule has 1 saturated carbocycles. The Kier molecular flexibility index (Phi) is 6.98. The summed E-state index contributed by atoms with van der Waals surface area (Å²) in [5.74, 6) is -5.46. The Hall–Kier alpha value is -3.26. The van der Waals surface area contributed by atoms with E-state index in [1.165, 1.54) is 6.92 Å². The number of aromatic hydroxyl groups is 1. The van der Waals surface area contributed by atoms with Gasteiger partial charge >= 0.3 is 0 Å². The second-order valence-corrected chi connectivity index (χ2v) is 13.1. The van der Waals surface area contributed by atoms with Gasteiger partial charge in [0.05, 0.1) is 5.56 Å². The van der Waals surface area contributed by atoms with E-state index in [2.05, 4.69) is 0 Å². The number of benzene rings is 1. The molecule has 40 heavy (non-hydrogen) atoms. The molecule has 0 bridgehead atoms. The minimum absolute atomic E-state index is 0.0139. The number of hydrogen-bond acceptors (Lipinski definition) is 8. The average Bonchev–Trinajstić information content (AvgIpc) is 2.80. The fourth-order valence-electron chi connectivity index (χ4n) is 7.89. The fraction of sp³-hybridized carbons (Fsp3) is 0.562. The number of phenolic OH excluding ortho intramolecular Hbond substituents is 1. The number of rotatable bonds is 6. The molecule has 216 valence electrons. The third kappa shape index (κ3) is 3.82. The Bertz CT molecular complexity index is 1430. The van der Waals surface area contributed by atoms with Crippen LogP contribution in [0, 0.1) is 22.7 Å². The summed E-state index contributed by atoms with van der Waals surface area (Å²) in [5.41, 5.74) is -3.87. The first-order valence-electron chi connectivity index (χ1n) is 13.9. The summed E-state index contributed by atoms with van der Waals surface area (Å²) in [4.78, 5) is 52.2. The zero-order chi connectivity index (χ0) is 30.3. The number of Topliss-reactive ketones (excluding diaryl/α,β-unsaturated/α-hetero) is 4. The number of allylic oxidation sites excluding steroid dienone is 1. The smallest absolute Gasteiger partial charge is 0.203 e. The van der Waals surface area contributed by atoms with Crippen LogP contribution < -0.4 is 0 Å². The molecule has 0 aliphatic heterocycles. The quantitative estimate of drug-likeness (QED) is 0.367. The monoisotopic (exact) mass is 552 g/mol. The lowest BCUT2D eigenvalue weighted by Gasteiger charge is -2.60. The summed E-state index contributed by atoms with van der Waals surface area (Å²) in [6.07, 6.45) is 0.715. The summed E-state index contributed by atoms with van der Waals surface area (Å²) in [6.45, 7) is 13.5. The van der Waals surface area contributed by atoms with Crippen LogP contribution in [0.4, 0.5) is 0 Å². The van der Waals surface area contributed by atoms with Crippen molar-refractivity contribution in [1.82, 2.24) is 0 Å². The number of phenols is 1. The van der Waals surface area contributed by atoms with Crippen molar-refractivity contribution in [3.05, 3.63) is 45.2 Å². The van der Waals surface area contributed by atoms with Gasteiger partial charge in [-0.05, 0) is 61.6 Å². The predicted molar refractivity (Wildman–Crippen MR) is 149 cm³/mol. The molecule has 1 fully saturated rings. The van der Waals surface area contributed by atoms with Gasteiger partial charge in [0.1, 0.15) is 28.6 Å². The van der Waals surface area contributed by atoms with E-state index in [4.69, 9.17) is 0 Å². The van der Waals surface area contributed by atoms with E-state index in [1.54, 1.807) is 27.7 Å². The van der Waals surface area contributed by atoms with Gasteiger partial charge in [0.25, 0.3) is 0 Å². The summed E-state index contributed by atoms with van der Waals surface area (Å²) in [5, 5.41) is 46.5. The maximum absolute atomic E-state index is 14.4. The summed E-state index contributed by atoms with van der Waals surface area (Å²) < 4.78 is 0. The molecular formula is C32H40O8. The predicted octanol–water partition coefficient (Wildman–Crippen LogP) is 4.83. The van der Waals surface area contributed by atoms with Crippen molar-refractivity contribution in [3.8, 4) is 5.75 Å². The molecule has 8 nitrogen and oxygen atoms in total. The first-order valence-corrected chi connectivity index (χ1v) is 13.9. The number of ketones is 4. The molecule has 1 aromatic rings. The Morgan fingerprint density at radius 1 is 1.05 bits per heavy atom. The summed E-state index contributed by atoms with van der Waals surface area (Å²) in [7, 11) is 0. The van der Waals surface area contributed by atoms with Crippen molar-refractivity contribution in [2.45, 2.75) is 92.6 Å². The highest BCUT2D eigenvalue weighted by molar-refractivity contribution is 6.24. The van der Waals surface area contributed by atoms with E-state index in [9.17, 15) is 39.6 Å². The van der Waals surface area contributed by atoms with Crippen LogP contribution in [-0.2, 0) is 32.0 Å². The largest absolute Gasteiger partial charge is 0.508 e. The van der Waals surface area contributed by atoms with Crippen LogP contribution >= 0.6 is 0 Å². The normalized spacial score (nSPS) is 30.0. The van der Waals surface area contributed by atoms with Gasteiger partial charge in [0, 0.05) is 28.7 Å². The van der Waals surface area contributed by atoms with E-state index >= 15 is 0 Å². The Morgan fingerprint density at radius 3 is 2.15 bits per heavy atom. The standard InChI is InChI=1S/C32H40O8/c1-14(2)19-11-18(10-9-16(5)33)25(35)22-20(19)12-30(7)13-31(8)23(15(3)4)26(36)21(17(6)34)28(38)32(31,40)29(39)24(30)27(22)37/h11,14-15,23,35,37-38,40H,9-10,12-13H2,1-8H3/t23?,30-,31-,32+/m1/s1. The summed E-state index contributed by atoms with van der Waals surface area (Å²) >= 11 is 0. The number of aliphatic hydroxyl groups is 3. The van der Waals surface area contributed by atoms with Crippen molar-refractivity contribution in [1.29, 1.82) is 0 Å². The SMILES string of the molecule is CC(=O)CCc1cc(C(C)C)c2c(c1O)C(O)=C1C(=O)[C@@]3(O)C(O)=C(C(C)=O)C(=O)C(C(C)C)[C@@]3(C)C[C@@]1(C)C2. The molecule has 0 radical (unpaired) electrons. The van der Waals surface area contributed by atoms with Crippen LogP contribution in [0.15, 0.2) is 23.0 Å². The van der Waals surface area contributed by atoms with Crippen molar-refractivity contribution < 1.29 is 39.6 Å². The molecule has 0 aromatic heterocycles. The number of aryl methyl sites for hydroxylation is 1. The van der Waals surface area contributed by atoms with Gasteiger partial charge in [0.2, 0.25) is 5.78 Å². The lowest BCUT2D eigenvalue weighted by Crippen LogP contribution is -2.69. The van der Waals surface area contributed by atoms with Gasteiger partial charge in [-0.3, -0.25) is 14.4 Å². The molecule has 0 spiro atoms. The molecule has 3 aliphatic rings. The van der Waals surface area contributed by atoms with Crippen LogP contribution in [0.3, 0.4) is 0 Å². The maximum atomic E-state index is 14.4. The highest BCUT2D eigenvalue weighted by atomic mass is 16.3. The van der Waals surface area contributed by atoms with Gasteiger partial charge in [-0.25, -0.2) is 0 Å². The number of hydrogen-bond donors (Lipinski definition) is 4. The maximum Gasteiger partial charge on any atom is 0.203 e. The molecular weight excluding hydrogens is 512 g/mol. The lowest BCUT2D eigenvalue weighted by molar-refractivity contribution is -0.178. The molecule has 8 heteroatoms. The second kappa shape index (κ2) is 9.40. The molecule has 4 rings (SSSR count). The topological polar surface area (TPSA) is 149 Å². The van der Waals surface area contributed by atoms with Gasteiger partial charge in [-0.2, -0.15) is 0 Å². The van der Waals surface area contributed by atoms with Crippen LogP contribution in [-0.4, -0.2) is 49.2 Å². The minimum atomic E-state index is -2.64. The zero-order valence-corrected chi connectivity index (χ0v) is 24.6. The molecule has 0 saturated heterocycles. The number of aliphatic hydroxyl groups excluding tert-OH is 2. The highest BCUT2D eigenvalue weighted by Crippen LogP contribution is 2.65. The highest BCUT2D eigenvalue weighted by Gasteiger charge is 2.72. The van der Waals surface area contributed by atoms with Crippen LogP contribution in [0.25, 0.3) is 5.76 Å². The van der Waals surface area contributed by atoms with Crippen LogP contribution in [0.1, 0.15) is 96.4 Å². The number of fused-ring (bicyclic) bond motifs is 3. The molecule has 0 heterocycles. The Labute approximate surface area is 234 Å². The Morgan fingerprint density at radius 2 is 1.65 bits per heavy atom. The first-order chi connectivity index (χ1) is 18.3. The van der Waals surface area contributed by atoms with Gasteiger partial charge in [-0.1, -0.05) is 47.6 Å². The molecule has 0 amide bonds.